The molecule has 3 N–H and O–H groups in total. The van der Waals surface area contributed by atoms with Gasteiger partial charge in [0.05, 0.1) is 6.04 Å². The number of fused-ring (bicyclic) bond motifs is 2. The Morgan fingerprint density at radius 3 is 2.81 bits per heavy atom. The van der Waals surface area contributed by atoms with Crippen molar-refractivity contribution in [2.45, 2.75) is 18.4 Å². The lowest BCUT2D eigenvalue weighted by molar-refractivity contribution is 0.355. The number of para-hydroxylation sites is 1. The SMILES string of the molecule is NNC(c1cc2cccc(F)c2o1)C1Cc2ccccc21. The Bertz CT molecular complexity index is 811. The van der Waals surface area contributed by atoms with Crippen LogP contribution < -0.4 is 11.3 Å². The lowest BCUT2D eigenvalue weighted by Gasteiger charge is -2.35. The standard InChI is InChI=1S/C17H15FN2O/c18-14-7-3-5-11-9-15(21-17(11)14)16(20-19)13-8-10-4-1-2-6-12(10)13/h1-7,9,13,16,20H,8,19H2. The summed E-state index contributed by atoms with van der Waals surface area (Å²) in [5, 5.41) is 0.762. The van der Waals surface area contributed by atoms with Crippen molar-refractivity contribution in [3.63, 3.8) is 0 Å². The molecule has 0 spiro atoms. The number of furan rings is 1. The van der Waals surface area contributed by atoms with Crippen molar-refractivity contribution < 1.29 is 8.81 Å². The van der Waals surface area contributed by atoms with Gasteiger partial charge in [0.25, 0.3) is 0 Å². The molecule has 21 heavy (non-hydrogen) atoms. The molecule has 1 heterocycles. The maximum absolute atomic E-state index is 13.8. The van der Waals surface area contributed by atoms with Crippen LogP contribution in [-0.2, 0) is 6.42 Å². The molecule has 3 aromatic rings. The van der Waals surface area contributed by atoms with Gasteiger partial charge in [0.2, 0.25) is 0 Å². The molecule has 0 bridgehead atoms. The highest BCUT2D eigenvalue weighted by atomic mass is 19.1. The molecule has 1 aliphatic rings. The summed E-state index contributed by atoms with van der Waals surface area (Å²) in [4.78, 5) is 0. The number of rotatable bonds is 3. The summed E-state index contributed by atoms with van der Waals surface area (Å²) >= 11 is 0. The Labute approximate surface area is 121 Å². The molecule has 2 unspecified atom stereocenters. The van der Waals surface area contributed by atoms with Crippen molar-refractivity contribution in [1.82, 2.24) is 5.43 Å². The zero-order chi connectivity index (χ0) is 14.4. The first-order valence-electron chi connectivity index (χ1n) is 7.00. The van der Waals surface area contributed by atoms with E-state index < -0.39 is 0 Å². The largest absolute Gasteiger partial charge is 0.456 e. The highest BCUT2D eigenvalue weighted by molar-refractivity contribution is 5.78. The molecule has 3 nitrogen and oxygen atoms in total. The third-order valence-electron chi connectivity index (χ3n) is 4.30. The quantitative estimate of drug-likeness (QED) is 0.571. The Kier molecular flexibility index (Phi) is 2.80. The van der Waals surface area contributed by atoms with E-state index in [2.05, 4.69) is 17.6 Å². The van der Waals surface area contributed by atoms with E-state index in [4.69, 9.17) is 10.3 Å². The van der Waals surface area contributed by atoms with Crippen LogP contribution in [0.1, 0.15) is 28.8 Å². The van der Waals surface area contributed by atoms with Crippen LogP contribution in [0.25, 0.3) is 11.0 Å². The van der Waals surface area contributed by atoms with E-state index in [1.807, 2.05) is 24.3 Å². The van der Waals surface area contributed by atoms with Crippen LogP contribution in [0.4, 0.5) is 4.39 Å². The molecule has 0 aliphatic heterocycles. The van der Waals surface area contributed by atoms with Gasteiger partial charge < -0.3 is 4.42 Å². The van der Waals surface area contributed by atoms with Crippen LogP contribution in [0, 0.1) is 5.82 Å². The van der Waals surface area contributed by atoms with Crippen molar-refractivity contribution in [2.75, 3.05) is 0 Å². The maximum atomic E-state index is 13.8. The third kappa shape index (κ3) is 1.87. The molecular weight excluding hydrogens is 267 g/mol. The van der Waals surface area contributed by atoms with Gasteiger partial charge >= 0.3 is 0 Å². The first-order chi connectivity index (χ1) is 10.3. The highest BCUT2D eigenvalue weighted by Crippen LogP contribution is 2.44. The predicted octanol–water partition coefficient (Wildman–Crippen LogP) is 3.42. The molecule has 2 aromatic carbocycles. The molecule has 1 aromatic heterocycles. The minimum absolute atomic E-state index is 0.147. The van der Waals surface area contributed by atoms with Gasteiger partial charge in [-0.25, -0.2) is 9.82 Å². The molecule has 4 heteroatoms. The number of hydrogen-bond acceptors (Lipinski definition) is 3. The lowest BCUT2D eigenvalue weighted by atomic mass is 9.73. The van der Waals surface area contributed by atoms with Crippen LogP contribution in [0.2, 0.25) is 0 Å². The van der Waals surface area contributed by atoms with E-state index in [0.717, 1.165) is 11.8 Å². The number of hydrogen-bond donors (Lipinski definition) is 2. The molecule has 0 fully saturated rings. The number of nitrogens with one attached hydrogen (secondary N) is 1. The van der Waals surface area contributed by atoms with E-state index >= 15 is 0 Å². The number of benzene rings is 2. The first-order valence-corrected chi connectivity index (χ1v) is 7.00. The normalized spacial score (nSPS) is 18.3. The van der Waals surface area contributed by atoms with Crippen LogP contribution in [0.5, 0.6) is 0 Å². The molecule has 106 valence electrons. The minimum atomic E-state index is -0.344. The topological polar surface area (TPSA) is 51.2 Å². The van der Waals surface area contributed by atoms with Crippen molar-refractivity contribution >= 4 is 11.0 Å². The highest BCUT2D eigenvalue weighted by Gasteiger charge is 2.35. The number of halogens is 1. The molecule has 1 aliphatic carbocycles. The van der Waals surface area contributed by atoms with Crippen LogP contribution >= 0.6 is 0 Å². The summed E-state index contributed by atoms with van der Waals surface area (Å²) in [6.07, 6.45) is 0.949. The second-order valence-corrected chi connectivity index (χ2v) is 5.46. The van der Waals surface area contributed by atoms with E-state index in [1.54, 1.807) is 6.07 Å². The van der Waals surface area contributed by atoms with Gasteiger partial charge in [-0.05, 0) is 29.7 Å². The summed E-state index contributed by atoms with van der Waals surface area (Å²) < 4.78 is 19.5. The lowest BCUT2D eigenvalue weighted by Crippen LogP contribution is -2.36. The monoisotopic (exact) mass is 282 g/mol. The zero-order valence-electron chi connectivity index (χ0n) is 11.3. The average Bonchev–Trinajstić information content (AvgIpc) is 2.90. The van der Waals surface area contributed by atoms with Crippen molar-refractivity contribution in [3.05, 3.63) is 71.2 Å². The summed E-state index contributed by atoms with van der Waals surface area (Å²) in [5.41, 5.74) is 5.73. The van der Waals surface area contributed by atoms with Crippen molar-refractivity contribution in [2.24, 2.45) is 5.84 Å². The summed E-state index contributed by atoms with van der Waals surface area (Å²) in [6, 6.07) is 14.9. The molecule has 0 saturated heterocycles. The fourth-order valence-corrected chi connectivity index (χ4v) is 3.19. The fraction of sp³-hybridized carbons (Fsp3) is 0.176. The smallest absolute Gasteiger partial charge is 0.169 e. The second-order valence-electron chi connectivity index (χ2n) is 5.46. The van der Waals surface area contributed by atoms with Gasteiger partial charge in [-0.15, -0.1) is 0 Å². The fourth-order valence-electron chi connectivity index (χ4n) is 3.19. The Balaban J connectivity index is 1.75. The first kappa shape index (κ1) is 12.6. The Hall–Kier alpha value is -2.17. The van der Waals surface area contributed by atoms with Gasteiger partial charge in [-0.2, -0.15) is 0 Å². The molecule has 0 saturated carbocycles. The van der Waals surface area contributed by atoms with Crippen LogP contribution in [-0.4, -0.2) is 0 Å². The maximum Gasteiger partial charge on any atom is 0.169 e. The molecule has 4 rings (SSSR count). The van der Waals surface area contributed by atoms with E-state index in [1.165, 1.54) is 17.2 Å². The number of hydrazine groups is 1. The van der Waals surface area contributed by atoms with Gasteiger partial charge in [0.15, 0.2) is 11.4 Å². The molecule has 2 atom stereocenters. The van der Waals surface area contributed by atoms with E-state index in [0.29, 0.717) is 11.3 Å². The minimum Gasteiger partial charge on any atom is -0.456 e. The van der Waals surface area contributed by atoms with Gasteiger partial charge in [0.1, 0.15) is 5.76 Å². The molecule has 0 radical (unpaired) electrons. The van der Waals surface area contributed by atoms with Gasteiger partial charge in [-0.1, -0.05) is 36.4 Å². The summed E-state index contributed by atoms with van der Waals surface area (Å²) in [5.74, 6) is 6.32. The van der Waals surface area contributed by atoms with Gasteiger partial charge in [0, 0.05) is 11.3 Å². The second kappa shape index (κ2) is 4.69. The average molecular weight is 282 g/mol. The van der Waals surface area contributed by atoms with Crippen LogP contribution in [0.3, 0.4) is 0 Å². The molecule has 0 amide bonds. The van der Waals surface area contributed by atoms with Gasteiger partial charge in [-0.3, -0.25) is 5.84 Å². The Morgan fingerprint density at radius 1 is 1.19 bits per heavy atom. The summed E-state index contributed by atoms with van der Waals surface area (Å²) in [7, 11) is 0. The van der Waals surface area contributed by atoms with Crippen molar-refractivity contribution in [1.29, 1.82) is 0 Å². The molecular formula is C17H15FN2O. The predicted molar refractivity (Wildman–Crippen MR) is 79.1 cm³/mol. The van der Waals surface area contributed by atoms with Crippen LogP contribution in [0.15, 0.2) is 52.9 Å². The van der Waals surface area contributed by atoms with Crippen molar-refractivity contribution in [3.8, 4) is 0 Å². The summed E-state index contributed by atoms with van der Waals surface area (Å²) in [6.45, 7) is 0. The van der Waals surface area contributed by atoms with E-state index in [9.17, 15) is 4.39 Å². The zero-order valence-corrected chi connectivity index (χ0v) is 11.3. The Morgan fingerprint density at radius 2 is 2.05 bits per heavy atom. The van der Waals surface area contributed by atoms with E-state index in [-0.39, 0.29) is 17.8 Å². The third-order valence-corrected chi connectivity index (χ3v) is 4.30. The number of nitrogens with two attached hydrogens (primary N) is 1.